The lowest BCUT2D eigenvalue weighted by molar-refractivity contribution is -0.402. The van der Waals surface area contributed by atoms with Crippen LogP contribution in [0.2, 0.25) is 0 Å². The Morgan fingerprint density at radius 1 is 1.47 bits per heavy atom. The van der Waals surface area contributed by atoms with Crippen molar-refractivity contribution in [3.63, 3.8) is 0 Å². The van der Waals surface area contributed by atoms with E-state index in [4.69, 9.17) is 9.52 Å². The molecule has 0 spiro atoms. The van der Waals surface area contributed by atoms with Crippen LogP contribution in [0.3, 0.4) is 0 Å². The molecule has 2 N–H and O–H groups in total. The molecular formula is C11H12N2O6. The van der Waals surface area contributed by atoms with E-state index in [0.29, 0.717) is 12.8 Å². The Kier molecular flexibility index (Phi) is 3.24. The normalized spacial score (nSPS) is 16.4. The number of nitrogens with zero attached hydrogens (tertiary/aromatic N) is 1. The Morgan fingerprint density at radius 2 is 2.16 bits per heavy atom. The predicted octanol–water partition coefficient (Wildman–Crippen LogP) is 1.31. The average Bonchev–Trinajstić information content (AvgIpc) is 2.74. The van der Waals surface area contributed by atoms with Gasteiger partial charge in [-0.2, -0.15) is 0 Å². The quantitative estimate of drug-likeness (QED) is 0.613. The van der Waals surface area contributed by atoms with E-state index in [9.17, 15) is 19.7 Å². The second-order valence-electron chi connectivity index (χ2n) is 4.55. The minimum Gasteiger partial charge on any atom is -0.481 e. The molecule has 0 aromatic carbocycles. The maximum atomic E-state index is 11.9. The summed E-state index contributed by atoms with van der Waals surface area (Å²) in [4.78, 5) is 32.3. The highest BCUT2D eigenvalue weighted by Gasteiger charge is 2.41. The Labute approximate surface area is 107 Å². The summed E-state index contributed by atoms with van der Waals surface area (Å²) in [5, 5.41) is 21.8. The highest BCUT2D eigenvalue weighted by Crippen LogP contribution is 2.35. The lowest BCUT2D eigenvalue weighted by Gasteiger charge is -2.41. The van der Waals surface area contributed by atoms with Gasteiger partial charge in [0.2, 0.25) is 0 Å². The molecule has 1 fully saturated rings. The number of rotatable bonds is 5. The van der Waals surface area contributed by atoms with Crippen LogP contribution in [0.1, 0.15) is 36.2 Å². The number of carboxylic acid groups (broad SMARTS) is 1. The van der Waals surface area contributed by atoms with Crippen molar-refractivity contribution in [3.05, 3.63) is 28.0 Å². The largest absolute Gasteiger partial charge is 0.481 e. The average molecular weight is 268 g/mol. The predicted molar refractivity (Wildman–Crippen MR) is 61.7 cm³/mol. The SMILES string of the molecule is O=C(O)CC1(NC(=O)c2ccc([N+](=O)[O-])o2)CCC1. The van der Waals surface area contributed by atoms with Crippen LogP contribution in [0, 0.1) is 10.1 Å². The lowest BCUT2D eigenvalue weighted by atomic mass is 9.74. The van der Waals surface area contributed by atoms with Crippen molar-refractivity contribution < 1.29 is 24.0 Å². The zero-order valence-electron chi connectivity index (χ0n) is 9.92. The van der Waals surface area contributed by atoms with E-state index >= 15 is 0 Å². The van der Waals surface area contributed by atoms with Crippen LogP contribution in [-0.2, 0) is 4.79 Å². The molecule has 1 aliphatic rings. The summed E-state index contributed by atoms with van der Waals surface area (Å²) in [5.74, 6) is -2.34. The molecule has 8 heteroatoms. The van der Waals surface area contributed by atoms with Crippen molar-refractivity contribution in [1.29, 1.82) is 0 Å². The van der Waals surface area contributed by atoms with Crippen molar-refractivity contribution in [2.75, 3.05) is 0 Å². The molecule has 1 aromatic rings. The minimum absolute atomic E-state index is 0.165. The molecule has 0 atom stereocenters. The van der Waals surface area contributed by atoms with Crippen LogP contribution in [0.15, 0.2) is 16.5 Å². The van der Waals surface area contributed by atoms with E-state index in [1.807, 2.05) is 0 Å². The molecule has 1 aromatic heterocycles. The molecule has 19 heavy (non-hydrogen) atoms. The summed E-state index contributed by atoms with van der Waals surface area (Å²) in [6.45, 7) is 0. The fourth-order valence-corrected chi connectivity index (χ4v) is 2.09. The molecule has 2 rings (SSSR count). The number of aliphatic carboxylic acids is 1. The maximum Gasteiger partial charge on any atom is 0.433 e. The zero-order valence-corrected chi connectivity index (χ0v) is 9.92. The molecule has 102 valence electrons. The van der Waals surface area contributed by atoms with Gasteiger partial charge in [-0.3, -0.25) is 19.7 Å². The monoisotopic (exact) mass is 268 g/mol. The number of hydrogen-bond acceptors (Lipinski definition) is 5. The summed E-state index contributed by atoms with van der Waals surface area (Å²) >= 11 is 0. The number of carbonyl (C=O) groups excluding carboxylic acids is 1. The van der Waals surface area contributed by atoms with Crippen LogP contribution < -0.4 is 5.32 Å². The number of carbonyl (C=O) groups is 2. The van der Waals surface area contributed by atoms with Crippen LogP contribution in [0.25, 0.3) is 0 Å². The van der Waals surface area contributed by atoms with E-state index in [2.05, 4.69) is 5.32 Å². The third kappa shape index (κ3) is 2.72. The molecular weight excluding hydrogens is 256 g/mol. The van der Waals surface area contributed by atoms with Gasteiger partial charge in [-0.25, -0.2) is 0 Å². The van der Waals surface area contributed by atoms with Crippen LogP contribution >= 0.6 is 0 Å². The summed E-state index contributed by atoms with van der Waals surface area (Å²) in [5.41, 5.74) is -0.759. The molecule has 8 nitrogen and oxygen atoms in total. The molecule has 0 unspecified atom stereocenters. The zero-order chi connectivity index (χ0) is 14.0. The number of hydrogen-bond donors (Lipinski definition) is 2. The first kappa shape index (κ1) is 13.1. The first-order valence-corrected chi connectivity index (χ1v) is 5.70. The van der Waals surface area contributed by atoms with Gasteiger partial charge in [-0.1, -0.05) is 0 Å². The molecule has 0 saturated heterocycles. The van der Waals surface area contributed by atoms with Crippen LogP contribution in [-0.4, -0.2) is 27.4 Å². The Balaban J connectivity index is 2.07. The summed E-state index contributed by atoms with van der Waals surface area (Å²) in [7, 11) is 0. The second kappa shape index (κ2) is 4.71. The lowest BCUT2D eigenvalue weighted by Crippen LogP contribution is -2.54. The Hall–Kier alpha value is -2.38. The third-order valence-electron chi connectivity index (χ3n) is 3.17. The van der Waals surface area contributed by atoms with Gasteiger partial charge < -0.3 is 14.8 Å². The molecule has 0 aliphatic heterocycles. The molecule has 1 saturated carbocycles. The van der Waals surface area contributed by atoms with Crippen LogP contribution in [0.4, 0.5) is 5.88 Å². The topological polar surface area (TPSA) is 123 Å². The minimum atomic E-state index is -0.995. The van der Waals surface area contributed by atoms with Gasteiger partial charge in [0, 0.05) is 0 Å². The van der Waals surface area contributed by atoms with Crippen LogP contribution in [0.5, 0.6) is 0 Å². The second-order valence-corrected chi connectivity index (χ2v) is 4.55. The molecule has 1 heterocycles. The highest BCUT2D eigenvalue weighted by molar-refractivity contribution is 5.92. The highest BCUT2D eigenvalue weighted by atomic mass is 16.6. The molecule has 0 bridgehead atoms. The number of nitrogens with one attached hydrogen (secondary N) is 1. The van der Waals surface area contributed by atoms with E-state index in [-0.39, 0.29) is 12.2 Å². The first-order valence-electron chi connectivity index (χ1n) is 5.70. The third-order valence-corrected chi connectivity index (χ3v) is 3.17. The van der Waals surface area contributed by atoms with E-state index in [0.717, 1.165) is 12.5 Å². The number of nitro groups is 1. The fourth-order valence-electron chi connectivity index (χ4n) is 2.09. The standard InChI is InChI=1S/C11H12N2O6/c14-9(15)6-11(4-1-5-11)12-10(16)7-2-3-8(19-7)13(17)18/h2-3H,1,4-6H2,(H,12,16)(H,14,15). The van der Waals surface area contributed by atoms with Crippen molar-refractivity contribution in [2.24, 2.45) is 0 Å². The van der Waals surface area contributed by atoms with Gasteiger partial charge in [0.1, 0.15) is 4.92 Å². The summed E-state index contributed by atoms with van der Waals surface area (Å²) < 4.78 is 4.77. The first-order chi connectivity index (χ1) is 8.92. The smallest absolute Gasteiger partial charge is 0.433 e. The van der Waals surface area contributed by atoms with Gasteiger partial charge in [-0.05, 0) is 25.3 Å². The van der Waals surface area contributed by atoms with Gasteiger partial charge in [0.05, 0.1) is 18.0 Å². The van der Waals surface area contributed by atoms with E-state index in [1.165, 1.54) is 6.07 Å². The molecule has 1 amide bonds. The molecule has 1 aliphatic carbocycles. The van der Waals surface area contributed by atoms with Crippen molar-refractivity contribution in [2.45, 2.75) is 31.2 Å². The summed E-state index contributed by atoms with van der Waals surface area (Å²) in [6, 6.07) is 2.28. The number of carboxylic acids is 1. The summed E-state index contributed by atoms with van der Waals surface area (Å²) in [6.07, 6.45) is 1.83. The number of amides is 1. The fraction of sp³-hybridized carbons (Fsp3) is 0.455. The van der Waals surface area contributed by atoms with E-state index in [1.54, 1.807) is 0 Å². The van der Waals surface area contributed by atoms with Crippen molar-refractivity contribution in [3.8, 4) is 0 Å². The van der Waals surface area contributed by atoms with Gasteiger partial charge >= 0.3 is 11.9 Å². The maximum absolute atomic E-state index is 11.9. The van der Waals surface area contributed by atoms with E-state index < -0.39 is 28.2 Å². The van der Waals surface area contributed by atoms with Crippen molar-refractivity contribution in [1.82, 2.24) is 5.32 Å². The van der Waals surface area contributed by atoms with Gasteiger partial charge in [0.25, 0.3) is 5.91 Å². The molecule has 0 radical (unpaired) electrons. The van der Waals surface area contributed by atoms with Crippen molar-refractivity contribution >= 4 is 17.8 Å². The Bertz CT molecular complexity index is 531. The van der Waals surface area contributed by atoms with Gasteiger partial charge in [0.15, 0.2) is 5.76 Å². The van der Waals surface area contributed by atoms with Gasteiger partial charge in [-0.15, -0.1) is 0 Å². The Morgan fingerprint density at radius 3 is 2.58 bits per heavy atom. The number of furan rings is 1.